The Labute approximate surface area is 146 Å². The van der Waals surface area contributed by atoms with Crippen molar-refractivity contribution < 1.29 is 17.3 Å². The van der Waals surface area contributed by atoms with Gasteiger partial charge >= 0.3 is 7.25 Å². The second kappa shape index (κ2) is 8.49. The minimum absolute atomic E-state index is 0.169. The van der Waals surface area contributed by atoms with E-state index in [1.54, 1.807) is 0 Å². The zero-order chi connectivity index (χ0) is 17.6. The average Bonchev–Trinajstić information content (AvgIpc) is 2.55. The standard InChI is InChI=1S/C17H15S2.BF4/c1-19-13-16(14-8-4-2-5-9-14)18-12-17(19)15-10-6-3-7-11-15;2-1(3,4)5/h2-13H,1H3;/q+1;-1. The van der Waals surface area contributed by atoms with Gasteiger partial charge in [0, 0.05) is 11.0 Å². The summed E-state index contributed by atoms with van der Waals surface area (Å²) in [6.45, 7) is 0. The van der Waals surface area contributed by atoms with Crippen molar-refractivity contribution in [1.82, 2.24) is 0 Å². The molecule has 0 nitrogen and oxygen atoms in total. The number of halogens is 4. The summed E-state index contributed by atoms with van der Waals surface area (Å²) in [7, 11) is -5.83. The molecular weight excluding hydrogens is 355 g/mol. The predicted molar refractivity (Wildman–Crippen MR) is 99.9 cm³/mol. The van der Waals surface area contributed by atoms with Gasteiger partial charge in [-0.05, 0) is 17.7 Å². The summed E-state index contributed by atoms with van der Waals surface area (Å²) in [6.07, 6.45) is 2.29. The van der Waals surface area contributed by atoms with Crippen molar-refractivity contribution in [3.05, 3.63) is 82.6 Å². The van der Waals surface area contributed by atoms with Gasteiger partial charge in [0.2, 0.25) is 0 Å². The zero-order valence-corrected chi connectivity index (χ0v) is 14.5. The monoisotopic (exact) mass is 370 g/mol. The molecule has 0 N–H and O–H groups in total. The molecule has 1 heterocycles. The summed E-state index contributed by atoms with van der Waals surface area (Å²) in [5.74, 6) is 0. The van der Waals surface area contributed by atoms with Gasteiger partial charge in [-0.15, -0.1) is 0 Å². The summed E-state index contributed by atoms with van der Waals surface area (Å²) >= 11 is 1.83. The van der Waals surface area contributed by atoms with Gasteiger partial charge in [-0.2, -0.15) is 0 Å². The molecule has 1 aliphatic rings. The summed E-state index contributed by atoms with van der Waals surface area (Å²) in [5, 5.41) is 4.70. The number of hydrogen-bond donors (Lipinski definition) is 0. The predicted octanol–water partition coefficient (Wildman–Crippen LogP) is 6.28. The SMILES string of the molecule is C[S+]1C=C(c2ccccc2)SC=C1c1ccccc1.F[B-](F)(F)F. The van der Waals surface area contributed by atoms with Crippen molar-refractivity contribution in [1.29, 1.82) is 0 Å². The molecular formula is C17H15BF4S2. The van der Waals surface area contributed by atoms with Crippen LogP contribution in [-0.2, 0) is 10.9 Å². The van der Waals surface area contributed by atoms with Gasteiger partial charge in [0.25, 0.3) is 0 Å². The molecule has 1 aliphatic heterocycles. The van der Waals surface area contributed by atoms with Crippen LogP contribution in [0.1, 0.15) is 11.1 Å². The Kier molecular flexibility index (Phi) is 6.63. The minimum atomic E-state index is -6.00. The van der Waals surface area contributed by atoms with Crippen molar-refractivity contribution in [3.8, 4) is 0 Å². The quantitative estimate of drug-likeness (QED) is 0.341. The van der Waals surface area contributed by atoms with E-state index in [1.807, 2.05) is 11.8 Å². The van der Waals surface area contributed by atoms with E-state index in [4.69, 9.17) is 0 Å². The first-order chi connectivity index (χ1) is 11.3. The van der Waals surface area contributed by atoms with E-state index in [0.717, 1.165) is 0 Å². The highest BCUT2D eigenvalue weighted by Crippen LogP contribution is 2.39. The Balaban J connectivity index is 0.000000368. The summed E-state index contributed by atoms with van der Waals surface area (Å²) in [5.41, 5.74) is 2.65. The molecule has 1 unspecified atom stereocenters. The maximum Gasteiger partial charge on any atom is 0.673 e. The molecule has 3 rings (SSSR count). The first kappa shape index (κ1) is 18.7. The molecule has 1 atom stereocenters. The van der Waals surface area contributed by atoms with E-state index in [2.05, 4.69) is 77.7 Å². The minimum Gasteiger partial charge on any atom is -0.418 e. The second-order valence-corrected chi connectivity index (χ2v) is 7.57. The van der Waals surface area contributed by atoms with Crippen LogP contribution in [0.2, 0.25) is 0 Å². The molecule has 0 bridgehead atoms. The molecule has 24 heavy (non-hydrogen) atoms. The average molecular weight is 370 g/mol. The molecule has 2 aromatic carbocycles. The van der Waals surface area contributed by atoms with Crippen molar-refractivity contribution in [2.75, 3.05) is 6.26 Å². The van der Waals surface area contributed by atoms with Gasteiger partial charge in [0.1, 0.15) is 11.7 Å². The number of benzene rings is 2. The molecule has 0 fully saturated rings. The smallest absolute Gasteiger partial charge is 0.418 e. The van der Waals surface area contributed by atoms with Crippen LogP contribution in [0, 0.1) is 0 Å². The van der Waals surface area contributed by atoms with E-state index in [9.17, 15) is 17.3 Å². The van der Waals surface area contributed by atoms with E-state index >= 15 is 0 Å². The first-order valence-corrected chi connectivity index (χ1v) is 9.64. The second-order valence-electron chi connectivity index (χ2n) is 4.87. The third-order valence-corrected chi connectivity index (χ3v) is 5.94. The Bertz CT molecular complexity index is 706. The van der Waals surface area contributed by atoms with Gasteiger partial charge in [-0.1, -0.05) is 60.3 Å². The van der Waals surface area contributed by atoms with Crippen molar-refractivity contribution in [3.63, 3.8) is 0 Å². The summed E-state index contributed by atoms with van der Waals surface area (Å²) < 4.78 is 39.0. The highest BCUT2D eigenvalue weighted by molar-refractivity contribution is 8.17. The lowest BCUT2D eigenvalue weighted by molar-refractivity contribution is 0.368. The summed E-state index contributed by atoms with van der Waals surface area (Å²) in [4.78, 5) is 2.80. The number of rotatable bonds is 2. The molecule has 0 aliphatic carbocycles. The van der Waals surface area contributed by atoms with Crippen molar-refractivity contribution in [2.45, 2.75) is 0 Å². The fraction of sp³-hybridized carbons (Fsp3) is 0.0588. The normalized spacial score (nSPS) is 17.3. The van der Waals surface area contributed by atoms with Crippen LogP contribution < -0.4 is 0 Å². The van der Waals surface area contributed by atoms with Crippen molar-refractivity contribution in [2.24, 2.45) is 0 Å². The Morgan fingerprint density at radius 2 is 1.25 bits per heavy atom. The molecule has 2 aromatic rings. The highest BCUT2D eigenvalue weighted by Gasteiger charge is 2.25. The maximum absolute atomic E-state index is 9.75. The fourth-order valence-electron chi connectivity index (χ4n) is 2.04. The molecule has 126 valence electrons. The number of hydrogen-bond acceptors (Lipinski definition) is 1. The van der Waals surface area contributed by atoms with Crippen LogP contribution in [0.4, 0.5) is 17.3 Å². The summed E-state index contributed by atoms with van der Waals surface area (Å²) in [6, 6.07) is 21.3. The van der Waals surface area contributed by atoms with Gasteiger partial charge in [0.15, 0.2) is 4.91 Å². The molecule has 0 aromatic heterocycles. The van der Waals surface area contributed by atoms with Gasteiger partial charge < -0.3 is 17.3 Å². The molecule has 0 saturated heterocycles. The largest absolute Gasteiger partial charge is 0.673 e. The first-order valence-electron chi connectivity index (χ1n) is 7.06. The molecule has 7 heteroatoms. The van der Waals surface area contributed by atoms with Crippen LogP contribution in [0.25, 0.3) is 9.81 Å². The van der Waals surface area contributed by atoms with Gasteiger partial charge in [0.05, 0.1) is 15.8 Å². The van der Waals surface area contributed by atoms with Crippen LogP contribution in [0.15, 0.2) is 71.5 Å². The lowest BCUT2D eigenvalue weighted by Gasteiger charge is -2.12. The van der Waals surface area contributed by atoms with E-state index < -0.39 is 7.25 Å². The van der Waals surface area contributed by atoms with Crippen LogP contribution >= 0.6 is 11.8 Å². The van der Waals surface area contributed by atoms with E-state index in [0.29, 0.717) is 0 Å². The highest BCUT2D eigenvalue weighted by atomic mass is 32.2. The lowest BCUT2D eigenvalue weighted by atomic mass is 10.2. The molecule has 0 spiro atoms. The zero-order valence-electron chi connectivity index (χ0n) is 12.8. The fourth-order valence-corrected chi connectivity index (χ4v) is 5.18. The Hall–Kier alpha value is -1.60. The third-order valence-electron chi connectivity index (χ3n) is 3.04. The number of thioether (sulfide) groups is 1. The lowest BCUT2D eigenvalue weighted by Crippen LogP contribution is -2.02. The molecule has 0 saturated carbocycles. The van der Waals surface area contributed by atoms with Gasteiger partial charge in [-0.3, -0.25) is 0 Å². The van der Waals surface area contributed by atoms with Crippen LogP contribution in [0.3, 0.4) is 0 Å². The molecule has 0 radical (unpaired) electrons. The Morgan fingerprint density at radius 1 is 0.792 bits per heavy atom. The van der Waals surface area contributed by atoms with Gasteiger partial charge in [-0.25, -0.2) is 0 Å². The topological polar surface area (TPSA) is 0 Å². The van der Waals surface area contributed by atoms with Crippen molar-refractivity contribution >= 4 is 39.7 Å². The maximum atomic E-state index is 9.75. The third kappa shape index (κ3) is 6.13. The Morgan fingerprint density at radius 3 is 1.71 bits per heavy atom. The van der Waals surface area contributed by atoms with Crippen LogP contribution in [0.5, 0.6) is 0 Å². The van der Waals surface area contributed by atoms with E-state index in [-0.39, 0.29) is 10.9 Å². The van der Waals surface area contributed by atoms with Crippen LogP contribution in [-0.4, -0.2) is 13.5 Å². The van der Waals surface area contributed by atoms with E-state index in [1.165, 1.54) is 20.9 Å². The molecule has 0 amide bonds.